The first kappa shape index (κ1) is 7.67. The van der Waals surface area contributed by atoms with Gasteiger partial charge in [-0.2, -0.15) is 0 Å². The van der Waals surface area contributed by atoms with E-state index < -0.39 is 0 Å². The smallest absolute Gasteiger partial charge is 0.0158 e. The summed E-state index contributed by atoms with van der Waals surface area (Å²) in [5.74, 6) is 1.14. The lowest BCUT2D eigenvalue weighted by Crippen LogP contribution is -1.82. The monoisotopic (exact) mass is 152 g/mol. The van der Waals surface area contributed by atoms with E-state index in [1.807, 2.05) is 17.8 Å². The number of hydrogen-bond donors (Lipinski definition) is 0. The van der Waals surface area contributed by atoms with Crippen molar-refractivity contribution in [1.82, 2.24) is 0 Å². The molecule has 0 saturated carbocycles. The standard InChI is InChI=1S/C9H12S/c1-2-3-5-9-6-4-7-10-8-9/h2,4,6,8H,1,3,5,7H2. The Labute approximate surface area is 66.7 Å². The highest BCUT2D eigenvalue weighted by Crippen LogP contribution is 2.18. The molecule has 0 fully saturated rings. The van der Waals surface area contributed by atoms with Gasteiger partial charge in [-0.05, 0) is 23.8 Å². The Bertz CT molecular complexity index is 166. The Balaban J connectivity index is 2.32. The van der Waals surface area contributed by atoms with Crippen LogP contribution in [0.1, 0.15) is 12.8 Å². The minimum absolute atomic E-state index is 1.09. The van der Waals surface area contributed by atoms with E-state index in [-0.39, 0.29) is 0 Å². The van der Waals surface area contributed by atoms with E-state index in [0.29, 0.717) is 0 Å². The van der Waals surface area contributed by atoms with E-state index in [0.717, 1.165) is 18.6 Å². The van der Waals surface area contributed by atoms with E-state index in [1.165, 1.54) is 5.57 Å². The summed E-state index contributed by atoms with van der Waals surface area (Å²) in [6.07, 6.45) is 8.63. The zero-order valence-electron chi connectivity index (χ0n) is 6.05. The molecular weight excluding hydrogens is 140 g/mol. The zero-order valence-corrected chi connectivity index (χ0v) is 6.86. The van der Waals surface area contributed by atoms with Crippen LogP contribution in [-0.2, 0) is 0 Å². The molecule has 0 aromatic carbocycles. The van der Waals surface area contributed by atoms with Crippen molar-refractivity contribution in [1.29, 1.82) is 0 Å². The molecule has 1 aliphatic heterocycles. The Morgan fingerprint density at radius 2 is 2.60 bits per heavy atom. The molecule has 0 aliphatic carbocycles. The van der Waals surface area contributed by atoms with Crippen LogP contribution in [0.15, 0.2) is 35.8 Å². The van der Waals surface area contributed by atoms with Gasteiger partial charge >= 0.3 is 0 Å². The third-order valence-electron chi connectivity index (χ3n) is 1.40. The van der Waals surface area contributed by atoms with Crippen LogP contribution in [0.4, 0.5) is 0 Å². The summed E-state index contributed by atoms with van der Waals surface area (Å²) < 4.78 is 0. The molecular formula is C9H12S. The van der Waals surface area contributed by atoms with Crippen molar-refractivity contribution in [3.8, 4) is 0 Å². The Hall–Kier alpha value is -0.430. The fraction of sp³-hybridized carbons (Fsp3) is 0.333. The van der Waals surface area contributed by atoms with Gasteiger partial charge in [0.2, 0.25) is 0 Å². The lowest BCUT2D eigenvalue weighted by Gasteiger charge is -2.03. The topological polar surface area (TPSA) is 0 Å². The average Bonchev–Trinajstić information content (AvgIpc) is 2.03. The summed E-state index contributed by atoms with van der Waals surface area (Å²) in [4.78, 5) is 0. The Kier molecular flexibility index (Phi) is 3.37. The van der Waals surface area contributed by atoms with Gasteiger partial charge in [0.05, 0.1) is 0 Å². The van der Waals surface area contributed by atoms with Crippen LogP contribution in [0.3, 0.4) is 0 Å². The largest absolute Gasteiger partial charge is 0.130 e. The maximum absolute atomic E-state index is 3.69. The first-order chi connectivity index (χ1) is 4.93. The van der Waals surface area contributed by atoms with Crippen molar-refractivity contribution < 1.29 is 0 Å². The molecule has 1 rings (SSSR count). The van der Waals surface area contributed by atoms with Gasteiger partial charge in [0.15, 0.2) is 0 Å². The minimum Gasteiger partial charge on any atom is -0.130 e. The van der Waals surface area contributed by atoms with Crippen molar-refractivity contribution in [3.05, 3.63) is 35.8 Å². The summed E-state index contributed by atoms with van der Waals surface area (Å²) >= 11 is 1.87. The summed E-state index contributed by atoms with van der Waals surface area (Å²) in [5.41, 5.74) is 1.44. The SMILES string of the molecule is C=CCCC1=CSCC=C1. The van der Waals surface area contributed by atoms with Crippen molar-refractivity contribution >= 4 is 11.8 Å². The molecule has 0 amide bonds. The highest BCUT2D eigenvalue weighted by molar-refractivity contribution is 8.02. The molecule has 1 heteroatoms. The second-order valence-corrected chi connectivity index (χ2v) is 3.16. The van der Waals surface area contributed by atoms with Gasteiger partial charge < -0.3 is 0 Å². The second kappa shape index (κ2) is 4.40. The Morgan fingerprint density at radius 3 is 3.20 bits per heavy atom. The van der Waals surface area contributed by atoms with Crippen LogP contribution in [0, 0.1) is 0 Å². The maximum Gasteiger partial charge on any atom is 0.0158 e. The number of rotatable bonds is 3. The minimum atomic E-state index is 1.09. The van der Waals surface area contributed by atoms with Crippen molar-refractivity contribution in [2.75, 3.05) is 5.75 Å². The fourth-order valence-electron chi connectivity index (χ4n) is 0.860. The molecule has 0 saturated heterocycles. The third kappa shape index (κ3) is 2.44. The zero-order chi connectivity index (χ0) is 7.23. The normalized spacial score (nSPS) is 16.6. The average molecular weight is 152 g/mol. The van der Waals surface area contributed by atoms with Gasteiger partial charge in [0.1, 0.15) is 0 Å². The molecule has 10 heavy (non-hydrogen) atoms. The molecule has 0 radical (unpaired) electrons. The summed E-state index contributed by atoms with van der Waals surface area (Å²) in [6, 6.07) is 0. The molecule has 0 atom stereocenters. The fourth-order valence-corrected chi connectivity index (χ4v) is 1.57. The molecule has 0 unspecified atom stereocenters. The lowest BCUT2D eigenvalue weighted by atomic mass is 10.1. The van der Waals surface area contributed by atoms with Gasteiger partial charge in [-0.1, -0.05) is 18.2 Å². The van der Waals surface area contributed by atoms with Gasteiger partial charge in [0, 0.05) is 5.75 Å². The predicted octanol–water partition coefficient (Wildman–Crippen LogP) is 3.14. The van der Waals surface area contributed by atoms with E-state index in [9.17, 15) is 0 Å². The number of thioether (sulfide) groups is 1. The van der Waals surface area contributed by atoms with Gasteiger partial charge in [0.25, 0.3) is 0 Å². The second-order valence-electron chi connectivity index (χ2n) is 2.26. The third-order valence-corrected chi connectivity index (χ3v) is 2.25. The highest BCUT2D eigenvalue weighted by atomic mass is 32.2. The maximum atomic E-state index is 3.69. The molecule has 0 aromatic rings. The van der Waals surface area contributed by atoms with Crippen LogP contribution >= 0.6 is 11.8 Å². The lowest BCUT2D eigenvalue weighted by molar-refractivity contribution is 1.01. The van der Waals surface area contributed by atoms with Crippen LogP contribution in [-0.4, -0.2) is 5.75 Å². The number of hydrogen-bond acceptors (Lipinski definition) is 1. The van der Waals surface area contributed by atoms with Crippen molar-refractivity contribution in [2.24, 2.45) is 0 Å². The van der Waals surface area contributed by atoms with Crippen LogP contribution in [0.25, 0.3) is 0 Å². The van der Waals surface area contributed by atoms with Gasteiger partial charge in [-0.15, -0.1) is 18.3 Å². The van der Waals surface area contributed by atoms with Crippen LogP contribution < -0.4 is 0 Å². The van der Waals surface area contributed by atoms with E-state index in [2.05, 4.69) is 24.1 Å². The predicted molar refractivity (Wildman–Crippen MR) is 49.1 cm³/mol. The van der Waals surface area contributed by atoms with E-state index in [4.69, 9.17) is 0 Å². The summed E-state index contributed by atoms with van der Waals surface area (Å²) in [7, 11) is 0. The number of allylic oxidation sites excluding steroid dienone is 3. The quantitative estimate of drug-likeness (QED) is 0.560. The molecule has 0 aromatic heterocycles. The first-order valence-electron chi connectivity index (χ1n) is 3.51. The first-order valence-corrected chi connectivity index (χ1v) is 4.56. The summed E-state index contributed by atoms with van der Waals surface area (Å²) in [5, 5.41) is 2.24. The highest BCUT2D eigenvalue weighted by Gasteiger charge is 1.94. The van der Waals surface area contributed by atoms with Crippen LogP contribution in [0.2, 0.25) is 0 Å². The van der Waals surface area contributed by atoms with Crippen molar-refractivity contribution in [2.45, 2.75) is 12.8 Å². The van der Waals surface area contributed by atoms with Crippen molar-refractivity contribution in [3.63, 3.8) is 0 Å². The van der Waals surface area contributed by atoms with Crippen LogP contribution in [0.5, 0.6) is 0 Å². The molecule has 54 valence electrons. The Morgan fingerprint density at radius 1 is 1.70 bits per heavy atom. The molecule has 0 spiro atoms. The molecule has 1 heterocycles. The molecule has 0 bridgehead atoms. The van der Waals surface area contributed by atoms with Gasteiger partial charge in [-0.25, -0.2) is 0 Å². The van der Waals surface area contributed by atoms with E-state index >= 15 is 0 Å². The summed E-state index contributed by atoms with van der Waals surface area (Å²) in [6.45, 7) is 3.69. The molecule has 1 aliphatic rings. The van der Waals surface area contributed by atoms with E-state index in [1.54, 1.807) is 0 Å². The molecule has 0 N–H and O–H groups in total. The molecule has 0 nitrogen and oxygen atoms in total. The van der Waals surface area contributed by atoms with Gasteiger partial charge in [-0.3, -0.25) is 0 Å².